The molecule has 24 heavy (non-hydrogen) atoms. The summed E-state index contributed by atoms with van der Waals surface area (Å²) in [6.07, 6.45) is 1.92. The lowest BCUT2D eigenvalue weighted by atomic mass is 10.0. The van der Waals surface area contributed by atoms with Crippen LogP contribution in [0.15, 0.2) is 24.3 Å². The number of rotatable bonds is 3. The number of likely N-dealkylation sites (tertiary alicyclic amines) is 1. The van der Waals surface area contributed by atoms with E-state index in [0.717, 1.165) is 18.4 Å². The Balaban J connectivity index is 1.97. The SMILES string of the molecule is CC(C)(C)OC(=O)N1CCCCC1C(=O)NCc1ccc(F)cc1. The zero-order chi connectivity index (χ0) is 17.7. The smallest absolute Gasteiger partial charge is 0.410 e. The van der Waals surface area contributed by atoms with Crippen molar-refractivity contribution in [3.63, 3.8) is 0 Å². The highest BCUT2D eigenvalue weighted by Crippen LogP contribution is 2.20. The van der Waals surface area contributed by atoms with E-state index in [2.05, 4.69) is 5.32 Å². The van der Waals surface area contributed by atoms with Gasteiger partial charge in [0.25, 0.3) is 0 Å². The average molecular weight is 336 g/mol. The second kappa shape index (κ2) is 7.64. The Morgan fingerprint density at radius 2 is 1.92 bits per heavy atom. The van der Waals surface area contributed by atoms with Gasteiger partial charge in [-0.1, -0.05) is 12.1 Å². The summed E-state index contributed by atoms with van der Waals surface area (Å²) in [5.41, 5.74) is 0.216. The molecule has 6 heteroatoms. The second-order valence-corrected chi connectivity index (χ2v) is 7.03. The fourth-order valence-electron chi connectivity index (χ4n) is 2.65. The summed E-state index contributed by atoms with van der Waals surface area (Å²) in [7, 11) is 0. The molecule has 1 aliphatic heterocycles. The van der Waals surface area contributed by atoms with Gasteiger partial charge < -0.3 is 10.1 Å². The molecule has 1 atom stereocenters. The Kier molecular flexibility index (Phi) is 5.80. The summed E-state index contributed by atoms with van der Waals surface area (Å²) in [6, 6.07) is 5.45. The fraction of sp³-hybridized carbons (Fsp3) is 0.556. The topological polar surface area (TPSA) is 58.6 Å². The Morgan fingerprint density at radius 1 is 1.25 bits per heavy atom. The first-order chi connectivity index (χ1) is 11.3. The molecule has 1 aromatic rings. The minimum atomic E-state index is -0.594. The summed E-state index contributed by atoms with van der Waals surface area (Å²) < 4.78 is 18.3. The van der Waals surface area contributed by atoms with Crippen LogP contribution in [0.4, 0.5) is 9.18 Å². The maximum atomic E-state index is 12.9. The maximum absolute atomic E-state index is 12.9. The first-order valence-corrected chi connectivity index (χ1v) is 8.28. The van der Waals surface area contributed by atoms with Crippen LogP contribution >= 0.6 is 0 Å². The third-order valence-corrected chi connectivity index (χ3v) is 3.81. The van der Waals surface area contributed by atoms with Gasteiger partial charge in [0.1, 0.15) is 17.5 Å². The van der Waals surface area contributed by atoms with Gasteiger partial charge in [0.05, 0.1) is 0 Å². The normalized spacial score (nSPS) is 18.2. The van der Waals surface area contributed by atoms with E-state index >= 15 is 0 Å². The van der Waals surface area contributed by atoms with Gasteiger partial charge >= 0.3 is 6.09 Å². The highest BCUT2D eigenvalue weighted by molar-refractivity contribution is 5.85. The number of hydrogen-bond acceptors (Lipinski definition) is 3. The summed E-state index contributed by atoms with van der Waals surface area (Å²) in [6.45, 7) is 6.23. The van der Waals surface area contributed by atoms with E-state index in [4.69, 9.17) is 4.74 Å². The number of amides is 2. The molecule has 0 spiro atoms. The van der Waals surface area contributed by atoms with Crippen LogP contribution in [0.5, 0.6) is 0 Å². The first-order valence-electron chi connectivity index (χ1n) is 8.28. The molecule has 0 saturated carbocycles. The second-order valence-electron chi connectivity index (χ2n) is 7.03. The molecule has 1 N–H and O–H groups in total. The highest BCUT2D eigenvalue weighted by Gasteiger charge is 2.34. The molecule has 0 aliphatic carbocycles. The number of carbonyl (C=O) groups excluding carboxylic acids is 2. The van der Waals surface area contributed by atoms with Crippen molar-refractivity contribution in [2.24, 2.45) is 0 Å². The van der Waals surface area contributed by atoms with Gasteiger partial charge in [0, 0.05) is 13.1 Å². The Hall–Kier alpha value is -2.11. The average Bonchev–Trinajstić information content (AvgIpc) is 2.52. The van der Waals surface area contributed by atoms with Crippen molar-refractivity contribution in [3.8, 4) is 0 Å². The van der Waals surface area contributed by atoms with Gasteiger partial charge in [-0.15, -0.1) is 0 Å². The van der Waals surface area contributed by atoms with E-state index < -0.39 is 17.7 Å². The number of ether oxygens (including phenoxy) is 1. The number of nitrogens with zero attached hydrogens (tertiary/aromatic N) is 1. The van der Waals surface area contributed by atoms with Gasteiger partial charge in [0.15, 0.2) is 0 Å². The predicted octanol–water partition coefficient (Wildman–Crippen LogP) is 3.23. The van der Waals surface area contributed by atoms with Crippen molar-refractivity contribution in [2.75, 3.05) is 6.54 Å². The van der Waals surface area contributed by atoms with Crippen LogP contribution in [-0.2, 0) is 16.1 Å². The Bertz CT molecular complexity index is 581. The lowest BCUT2D eigenvalue weighted by molar-refractivity contribution is -0.127. The molecule has 2 rings (SSSR count). The van der Waals surface area contributed by atoms with E-state index in [1.807, 2.05) is 0 Å². The molecule has 1 aliphatic rings. The summed E-state index contributed by atoms with van der Waals surface area (Å²) in [5, 5.41) is 2.82. The third-order valence-electron chi connectivity index (χ3n) is 3.81. The predicted molar refractivity (Wildman–Crippen MR) is 88.8 cm³/mol. The minimum Gasteiger partial charge on any atom is -0.444 e. The van der Waals surface area contributed by atoms with Crippen molar-refractivity contribution < 1.29 is 18.7 Å². The van der Waals surface area contributed by atoms with Gasteiger partial charge in [-0.2, -0.15) is 0 Å². The number of nitrogens with one attached hydrogen (secondary N) is 1. The number of hydrogen-bond donors (Lipinski definition) is 1. The molecule has 1 aromatic carbocycles. The van der Waals surface area contributed by atoms with Crippen LogP contribution in [-0.4, -0.2) is 35.1 Å². The zero-order valence-electron chi connectivity index (χ0n) is 14.5. The Labute approximate surface area is 142 Å². The van der Waals surface area contributed by atoms with Crippen LogP contribution in [0.25, 0.3) is 0 Å². The van der Waals surface area contributed by atoms with Gasteiger partial charge in [-0.05, 0) is 57.7 Å². The molecular formula is C18H25FN2O3. The standard InChI is InChI=1S/C18H25FN2O3/c1-18(2,3)24-17(23)21-11-5-4-6-15(21)16(22)20-12-13-7-9-14(19)10-8-13/h7-10,15H,4-6,11-12H2,1-3H3,(H,20,22). The molecule has 0 aromatic heterocycles. The monoisotopic (exact) mass is 336 g/mol. The largest absolute Gasteiger partial charge is 0.444 e. The van der Waals surface area contributed by atoms with E-state index in [1.54, 1.807) is 32.9 Å². The number of piperidine rings is 1. The lowest BCUT2D eigenvalue weighted by Gasteiger charge is -2.35. The molecular weight excluding hydrogens is 311 g/mol. The molecule has 1 unspecified atom stereocenters. The summed E-state index contributed by atoms with van der Waals surface area (Å²) >= 11 is 0. The lowest BCUT2D eigenvalue weighted by Crippen LogP contribution is -2.52. The van der Waals surface area contributed by atoms with E-state index in [1.165, 1.54) is 17.0 Å². The van der Waals surface area contributed by atoms with E-state index in [-0.39, 0.29) is 11.7 Å². The van der Waals surface area contributed by atoms with Crippen LogP contribution in [0.2, 0.25) is 0 Å². The molecule has 1 fully saturated rings. The van der Waals surface area contributed by atoms with Crippen molar-refractivity contribution in [1.29, 1.82) is 0 Å². The van der Waals surface area contributed by atoms with Crippen LogP contribution in [0, 0.1) is 5.82 Å². The van der Waals surface area contributed by atoms with Crippen molar-refractivity contribution >= 4 is 12.0 Å². The minimum absolute atomic E-state index is 0.204. The van der Waals surface area contributed by atoms with Crippen LogP contribution in [0.1, 0.15) is 45.6 Å². The number of halogens is 1. The van der Waals surface area contributed by atoms with Gasteiger partial charge in [0.2, 0.25) is 5.91 Å². The molecule has 0 radical (unpaired) electrons. The summed E-state index contributed by atoms with van der Waals surface area (Å²) in [5.74, 6) is -0.515. The third kappa shape index (κ3) is 5.22. The van der Waals surface area contributed by atoms with Crippen LogP contribution in [0.3, 0.4) is 0 Å². The maximum Gasteiger partial charge on any atom is 0.410 e. The zero-order valence-corrected chi connectivity index (χ0v) is 14.5. The summed E-state index contributed by atoms with van der Waals surface area (Å²) in [4.78, 5) is 26.3. The molecule has 1 saturated heterocycles. The van der Waals surface area contributed by atoms with Crippen molar-refractivity contribution in [1.82, 2.24) is 10.2 Å². The molecule has 132 valence electrons. The van der Waals surface area contributed by atoms with Gasteiger partial charge in [-0.3, -0.25) is 9.69 Å². The fourth-order valence-corrected chi connectivity index (χ4v) is 2.65. The number of carbonyl (C=O) groups is 2. The molecule has 1 heterocycles. The van der Waals surface area contributed by atoms with Gasteiger partial charge in [-0.25, -0.2) is 9.18 Å². The Morgan fingerprint density at radius 3 is 2.54 bits per heavy atom. The van der Waals surface area contributed by atoms with E-state index in [9.17, 15) is 14.0 Å². The number of benzene rings is 1. The van der Waals surface area contributed by atoms with Crippen molar-refractivity contribution in [2.45, 2.75) is 58.2 Å². The molecule has 5 nitrogen and oxygen atoms in total. The van der Waals surface area contributed by atoms with Crippen LogP contribution < -0.4 is 5.32 Å². The highest BCUT2D eigenvalue weighted by atomic mass is 19.1. The van der Waals surface area contributed by atoms with Crippen molar-refractivity contribution in [3.05, 3.63) is 35.6 Å². The van der Waals surface area contributed by atoms with E-state index in [0.29, 0.717) is 19.5 Å². The molecule has 0 bridgehead atoms. The quantitative estimate of drug-likeness (QED) is 0.922. The first kappa shape index (κ1) is 18.2. The molecule has 2 amide bonds.